The number of halogens is 2. The summed E-state index contributed by atoms with van der Waals surface area (Å²) in [7, 11) is 1.69. The van der Waals surface area contributed by atoms with Crippen molar-refractivity contribution in [3.8, 4) is 22.9 Å². The van der Waals surface area contributed by atoms with Crippen LogP contribution < -0.4 is 36.6 Å². The van der Waals surface area contributed by atoms with Crippen molar-refractivity contribution in [2.24, 2.45) is 11.3 Å². The summed E-state index contributed by atoms with van der Waals surface area (Å²) < 4.78 is 58.4. The Morgan fingerprint density at radius 2 is 1.61 bits per heavy atom. The maximum Gasteiger partial charge on any atom is 0.284 e. The second-order valence-electron chi connectivity index (χ2n) is 22.5. The molecular formula is C62H77F2N11O9. The minimum Gasteiger partial charge on any atom is -0.491 e. The van der Waals surface area contributed by atoms with Crippen molar-refractivity contribution in [1.29, 1.82) is 0 Å². The van der Waals surface area contributed by atoms with Gasteiger partial charge >= 0.3 is 0 Å². The predicted molar refractivity (Wildman–Crippen MR) is 312 cm³/mol. The van der Waals surface area contributed by atoms with Crippen molar-refractivity contribution in [3.63, 3.8) is 0 Å². The predicted octanol–water partition coefficient (Wildman–Crippen LogP) is 7.74. The van der Waals surface area contributed by atoms with E-state index in [9.17, 15) is 28.0 Å². The molecule has 2 aliphatic carbocycles. The third-order valence-electron chi connectivity index (χ3n) is 15.2. The molecule has 22 heteroatoms. The highest BCUT2D eigenvalue weighted by Crippen LogP contribution is 2.35. The zero-order chi connectivity index (χ0) is 59.2. The first-order valence-corrected chi connectivity index (χ1v) is 28.9. The lowest BCUT2D eigenvalue weighted by Gasteiger charge is -2.41. The standard InChI is InChI=1S/C62H77F2N11O9/c1-39(65-5)57(76)72-55(62(2,3)4)61(79)74-36-45-31-47(20-17-43(45)32-52(74)59(78)69-49-12-8-10-42-9-6-7-11-48(42)49)83-30-29-82-28-27-81-26-25-80-24-23-66-34-40-15-18-46(19-16-40)75-37-50(54(73-75)56(63)64)70-58(77)51-38-84-60(71-51)44-21-22-67-53(33-44)68-35-41-13-14-41/h6-7,9,11,15-22,31,33,37-39,41,49,52,55-56,65-66H,8,10,12-14,23-30,32,34-36H2,1-5H3,(H,67,68)(H,69,78)(H,70,77)(H,72,76)/t39-,49+,52-,55+/m0/s1. The number of nitrogens with one attached hydrogen (secondary N) is 6. The quantitative estimate of drug-likeness (QED) is 0.0246. The number of aromatic nitrogens is 4. The van der Waals surface area contributed by atoms with Crippen LogP contribution in [0.2, 0.25) is 0 Å². The fourth-order valence-electron chi connectivity index (χ4n) is 10.1. The highest BCUT2D eigenvalue weighted by molar-refractivity contribution is 6.03. The van der Waals surface area contributed by atoms with Gasteiger partial charge in [-0.3, -0.25) is 19.2 Å². The summed E-state index contributed by atoms with van der Waals surface area (Å²) in [6.07, 6.45) is 6.62. The Bertz CT molecular complexity index is 3180. The Morgan fingerprint density at radius 1 is 0.857 bits per heavy atom. The number of likely N-dealkylation sites (N-methyl/N-ethyl adjacent to an activating group) is 1. The van der Waals surface area contributed by atoms with Crippen molar-refractivity contribution >= 4 is 35.1 Å². The van der Waals surface area contributed by atoms with Crippen molar-refractivity contribution < 1.29 is 51.3 Å². The van der Waals surface area contributed by atoms with E-state index in [4.69, 9.17) is 23.4 Å². The van der Waals surface area contributed by atoms with Gasteiger partial charge in [0.2, 0.25) is 23.6 Å². The van der Waals surface area contributed by atoms with E-state index < -0.39 is 41.6 Å². The van der Waals surface area contributed by atoms with E-state index in [1.54, 1.807) is 49.3 Å². The van der Waals surface area contributed by atoms with Crippen molar-refractivity contribution in [2.45, 2.75) is 110 Å². The minimum atomic E-state index is -2.95. The Labute approximate surface area is 488 Å². The molecule has 84 heavy (non-hydrogen) atoms. The van der Waals surface area contributed by atoms with Crippen molar-refractivity contribution in [1.82, 2.24) is 45.9 Å². The number of hydrogen-bond acceptors (Lipinski definition) is 15. The van der Waals surface area contributed by atoms with Crippen LogP contribution in [-0.4, -0.2) is 133 Å². The van der Waals surface area contributed by atoms with E-state index in [1.165, 1.54) is 35.5 Å². The molecule has 448 valence electrons. The molecule has 6 aromatic rings. The van der Waals surface area contributed by atoms with Crippen LogP contribution in [0.15, 0.2) is 102 Å². The number of nitrogens with zero attached hydrogens (tertiary/aromatic N) is 5. The Morgan fingerprint density at radius 3 is 2.35 bits per heavy atom. The van der Waals surface area contributed by atoms with Crippen LogP contribution in [0.5, 0.6) is 5.75 Å². The van der Waals surface area contributed by atoms with Crippen LogP contribution in [0.3, 0.4) is 0 Å². The average molecular weight is 1160 g/mol. The largest absolute Gasteiger partial charge is 0.491 e. The van der Waals surface area contributed by atoms with Gasteiger partial charge in [-0.05, 0) is 122 Å². The van der Waals surface area contributed by atoms with Gasteiger partial charge in [-0.15, -0.1) is 0 Å². The molecule has 0 saturated heterocycles. The van der Waals surface area contributed by atoms with Gasteiger partial charge in [0.1, 0.15) is 36.5 Å². The second kappa shape index (κ2) is 28.8. The lowest BCUT2D eigenvalue weighted by atomic mass is 9.83. The zero-order valence-electron chi connectivity index (χ0n) is 48.4. The molecule has 3 aromatic heterocycles. The molecule has 0 bridgehead atoms. The van der Waals surface area contributed by atoms with E-state index >= 15 is 0 Å². The third kappa shape index (κ3) is 16.4. The number of oxazole rings is 1. The van der Waals surface area contributed by atoms with E-state index in [-0.39, 0.29) is 54.2 Å². The van der Waals surface area contributed by atoms with Crippen LogP contribution >= 0.6 is 0 Å². The smallest absolute Gasteiger partial charge is 0.284 e. The van der Waals surface area contributed by atoms with E-state index in [2.05, 4.69) is 59.1 Å². The molecule has 4 amide bonds. The molecule has 1 aliphatic heterocycles. The Balaban J connectivity index is 0.661. The molecule has 1 fully saturated rings. The molecule has 1 saturated carbocycles. The number of fused-ring (bicyclic) bond motifs is 2. The maximum atomic E-state index is 14.7. The van der Waals surface area contributed by atoms with Gasteiger partial charge < -0.3 is 60.2 Å². The molecule has 0 radical (unpaired) electrons. The SMILES string of the molecule is CN[C@@H](C)C(=O)N[C@H](C(=O)N1Cc2cc(OCCOCCOCCOCCNCc3ccc(-n4cc(NC(=O)c5coc(-c6ccnc(NCC7CC7)c6)n5)c(C(F)F)n4)cc3)ccc2C[C@H]1C(=O)N[C@@H]1CCCc2ccccc21)C(C)(C)C. The molecule has 4 atom stereocenters. The van der Waals surface area contributed by atoms with Crippen molar-refractivity contribution in [2.75, 3.05) is 77.0 Å². The number of ether oxygens (including phenoxy) is 4. The number of alkyl halides is 2. The molecule has 9 rings (SSSR count). The van der Waals surface area contributed by atoms with Gasteiger partial charge in [-0.1, -0.05) is 63.2 Å². The lowest BCUT2D eigenvalue weighted by molar-refractivity contribution is -0.147. The number of amides is 4. The summed E-state index contributed by atoms with van der Waals surface area (Å²) in [6.45, 7) is 12.2. The number of hydrogen-bond donors (Lipinski definition) is 6. The molecule has 20 nitrogen and oxygen atoms in total. The third-order valence-corrected chi connectivity index (χ3v) is 15.2. The second-order valence-corrected chi connectivity index (χ2v) is 22.5. The van der Waals surface area contributed by atoms with Crippen LogP contribution in [0, 0.1) is 11.3 Å². The Hall–Kier alpha value is -7.63. The van der Waals surface area contributed by atoms with Gasteiger partial charge in [0.25, 0.3) is 12.3 Å². The summed E-state index contributed by atoms with van der Waals surface area (Å²) in [6, 6.07) is 22.3. The molecule has 4 heterocycles. The number of rotatable bonds is 29. The van der Waals surface area contributed by atoms with E-state index in [1.807, 2.05) is 63.2 Å². The van der Waals surface area contributed by atoms with Crippen LogP contribution in [-0.2, 0) is 54.5 Å². The molecule has 0 unspecified atom stereocenters. The first kappa shape index (κ1) is 60.9. The van der Waals surface area contributed by atoms with Crippen LogP contribution in [0.25, 0.3) is 17.1 Å². The normalized spacial score (nSPS) is 16.5. The highest BCUT2D eigenvalue weighted by Gasteiger charge is 2.43. The first-order chi connectivity index (χ1) is 40.6. The highest BCUT2D eigenvalue weighted by atomic mass is 19.3. The molecule has 6 N–H and O–H groups in total. The fraction of sp³-hybridized carbons (Fsp3) is 0.468. The first-order valence-electron chi connectivity index (χ1n) is 28.9. The zero-order valence-corrected chi connectivity index (χ0v) is 48.4. The number of carbonyl (C=O) groups is 4. The minimum absolute atomic E-state index is 0.0769. The molecule has 0 spiro atoms. The summed E-state index contributed by atoms with van der Waals surface area (Å²) >= 11 is 0. The summed E-state index contributed by atoms with van der Waals surface area (Å²) in [5.41, 5.74) is 4.79. The number of pyridine rings is 1. The van der Waals surface area contributed by atoms with Gasteiger partial charge in [0.15, 0.2) is 11.4 Å². The summed E-state index contributed by atoms with van der Waals surface area (Å²) in [5, 5.41) is 22.4. The number of anilines is 2. The topological polar surface area (TPSA) is 237 Å². The number of benzene rings is 3. The van der Waals surface area contributed by atoms with Gasteiger partial charge in [0.05, 0.1) is 69.3 Å². The number of aryl methyl sites for hydroxylation is 1. The molecular weight excluding hydrogens is 1080 g/mol. The fourth-order valence-corrected chi connectivity index (χ4v) is 10.1. The van der Waals surface area contributed by atoms with E-state index in [0.29, 0.717) is 87.9 Å². The van der Waals surface area contributed by atoms with Gasteiger partial charge in [0, 0.05) is 44.4 Å². The molecule has 3 aliphatic rings. The average Bonchev–Trinajstić information content (AvgIpc) is 2.01. The summed E-state index contributed by atoms with van der Waals surface area (Å²) in [4.78, 5) is 65.6. The van der Waals surface area contributed by atoms with Gasteiger partial charge in [-0.2, -0.15) is 5.10 Å². The monoisotopic (exact) mass is 1160 g/mol. The number of carbonyl (C=O) groups excluding carboxylic acids is 4. The van der Waals surface area contributed by atoms with Crippen LogP contribution in [0.1, 0.15) is 110 Å². The molecule has 3 aromatic carbocycles. The van der Waals surface area contributed by atoms with Gasteiger partial charge in [-0.25, -0.2) is 23.4 Å². The van der Waals surface area contributed by atoms with E-state index in [0.717, 1.165) is 48.1 Å². The maximum absolute atomic E-state index is 14.7. The summed E-state index contributed by atoms with van der Waals surface area (Å²) in [5.74, 6) is 0.562. The Kier molecular flexibility index (Phi) is 20.9. The lowest BCUT2D eigenvalue weighted by Crippen LogP contribution is -2.62. The van der Waals surface area contributed by atoms with Crippen molar-refractivity contribution in [3.05, 3.63) is 137 Å². The van der Waals surface area contributed by atoms with Crippen LogP contribution in [0.4, 0.5) is 20.3 Å².